The van der Waals surface area contributed by atoms with Crippen LogP contribution in [-0.4, -0.2) is 59.6 Å². The summed E-state index contributed by atoms with van der Waals surface area (Å²) < 4.78 is 11.0. The van der Waals surface area contributed by atoms with E-state index in [0.717, 1.165) is 12.8 Å². The van der Waals surface area contributed by atoms with Crippen LogP contribution in [0.5, 0.6) is 0 Å². The standard InChI is InChI=1S/C19H36O5/c1-2-3-4-5-6-7-8-9-10-11-12-13-23-19-17(22)15-24-18(19)16(21)14-20/h2-3,16-22H,4-15H2,1H3/b3-2+/t16-,17+,18-,19-/m1/s1. The van der Waals surface area contributed by atoms with Crippen molar-refractivity contribution in [2.75, 3.05) is 19.8 Å². The van der Waals surface area contributed by atoms with Crippen LogP contribution in [0.1, 0.15) is 64.7 Å². The molecule has 5 nitrogen and oxygen atoms in total. The van der Waals surface area contributed by atoms with Gasteiger partial charge >= 0.3 is 0 Å². The Bertz CT molecular complexity index is 321. The van der Waals surface area contributed by atoms with E-state index in [0.29, 0.717) is 6.61 Å². The van der Waals surface area contributed by atoms with Crippen molar-refractivity contribution in [3.8, 4) is 0 Å². The van der Waals surface area contributed by atoms with Crippen LogP contribution in [0.15, 0.2) is 12.2 Å². The van der Waals surface area contributed by atoms with Gasteiger partial charge in [-0.15, -0.1) is 0 Å². The number of hydrogen-bond donors (Lipinski definition) is 3. The third-order valence-electron chi connectivity index (χ3n) is 4.54. The minimum atomic E-state index is -1.00. The minimum Gasteiger partial charge on any atom is -0.394 e. The molecule has 0 radical (unpaired) electrons. The highest BCUT2D eigenvalue weighted by molar-refractivity contribution is 4.89. The van der Waals surface area contributed by atoms with Crippen LogP contribution in [0.2, 0.25) is 0 Å². The van der Waals surface area contributed by atoms with Gasteiger partial charge in [-0.25, -0.2) is 0 Å². The zero-order valence-electron chi connectivity index (χ0n) is 15.1. The third-order valence-corrected chi connectivity index (χ3v) is 4.54. The summed E-state index contributed by atoms with van der Waals surface area (Å²) in [5.41, 5.74) is 0. The molecule has 0 spiro atoms. The van der Waals surface area contributed by atoms with E-state index in [1.54, 1.807) is 0 Å². The van der Waals surface area contributed by atoms with Crippen LogP contribution in [-0.2, 0) is 9.47 Å². The Morgan fingerprint density at radius 1 is 1.08 bits per heavy atom. The smallest absolute Gasteiger partial charge is 0.114 e. The van der Waals surface area contributed by atoms with Crippen LogP contribution >= 0.6 is 0 Å². The molecule has 0 aromatic carbocycles. The molecule has 1 heterocycles. The van der Waals surface area contributed by atoms with E-state index in [1.165, 1.54) is 44.9 Å². The molecule has 0 bridgehead atoms. The lowest BCUT2D eigenvalue weighted by Gasteiger charge is -2.23. The molecule has 1 saturated heterocycles. The van der Waals surface area contributed by atoms with Crippen molar-refractivity contribution in [3.05, 3.63) is 12.2 Å². The Morgan fingerprint density at radius 2 is 1.71 bits per heavy atom. The van der Waals surface area contributed by atoms with Gasteiger partial charge in [-0.1, -0.05) is 50.7 Å². The van der Waals surface area contributed by atoms with Gasteiger partial charge in [0.05, 0.1) is 13.2 Å². The summed E-state index contributed by atoms with van der Waals surface area (Å²) in [4.78, 5) is 0. The zero-order chi connectivity index (χ0) is 17.6. The average Bonchev–Trinajstić information content (AvgIpc) is 2.96. The molecule has 4 atom stereocenters. The van der Waals surface area contributed by atoms with Crippen LogP contribution in [0.3, 0.4) is 0 Å². The van der Waals surface area contributed by atoms with Gasteiger partial charge in [0.25, 0.3) is 0 Å². The summed E-state index contributed by atoms with van der Waals surface area (Å²) in [6, 6.07) is 0. The molecule has 0 saturated carbocycles. The maximum atomic E-state index is 9.83. The fourth-order valence-electron chi connectivity index (χ4n) is 3.07. The fourth-order valence-corrected chi connectivity index (χ4v) is 3.07. The Balaban J connectivity index is 1.96. The van der Waals surface area contributed by atoms with Crippen molar-refractivity contribution in [1.29, 1.82) is 0 Å². The zero-order valence-corrected chi connectivity index (χ0v) is 15.1. The van der Waals surface area contributed by atoms with E-state index >= 15 is 0 Å². The fraction of sp³-hybridized carbons (Fsp3) is 0.895. The summed E-state index contributed by atoms with van der Waals surface area (Å²) in [7, 11) is 0. The molecule has 24 heavy (non-hydrogen) atoms. The van der Waals surface area contributed by atoms with Gasteiger partial charge in [-0.3, -0.25) is 0 Å². The van der Waals surface area contributed by atoms with E-state index in [1.807, 2.05) is 0 Å². The number of aliphatic hydroxyl groups excluding tert-OH is 3. The third kappa shape index (κ3) is 8.58. The molecule has 5 heteroatoms. The predicted octanol–water partition coefficient (Wildman–Crippen LogP) is 2.57. The maximum absolute atomic E-state index is 9.83. The van der Waals surface area contributed by atoms with Crippen molar-refractivity contribution in [2.24, 2.45) is 0 Å². The highest BCUT2D eigenvalue weighted by Gasteiger charge is 2.40. The molecule has 0 unspecified atom stereocenters. The highest BCUT2D eigenvalue weighted by atomic mass is 16.6. The van der Waals surface area contributed by atoms with E-state index in [4.69, 9.17) is 14.6 Å². The van der Waals surface area contributed by atoms with Crippen molar-refractivity contribution < 1.29 is 24.8 Å². The van der Waals surface area contributed by atoms with Gasteiger partial charge in [-0.05, 0) is 26.2 Å². The molecule has 0 aromatic rings. The Hall–Kier alpha value is -0.460. The van der Waals surface area contributed by atoms with Crippen molar-refractivity contribution >= 4 is 0 Å². The van der Waals surface area contributed by atoms with Crippen molar-refractivity contribution in [2.45, 2.75) is 89.1 Å². The number of rotatable bonds is 14. The lowest BCUT2D eigenvalue weighted by atomic mass is 10.1. The number of unbranched alkanes of at least 4 members (excludes halogenated alkanes) is 8. The lowest BCUT2D eigenvalue weighted by molar-refractivity contribution is -0.0938. The predicted molar refractivity (Wildman–Crippen MR) is 94.9 cm³/mol. The first-order valence-corrected chi connectivity index (χ1v) is 9.52. The largest absolute Gasteiger partial charge is 0.394 e. The SMILES string of the molecule is C/C=C/CCCCCCCCCCO[C@H]1[C@@H]([C@H](O)CO)OC[C@@H]1O. The Labute approximate surface area is 146 Å². The van der Waals surface area contributed by atoms with Crippen LogP contribution in [0.4, 0.5) is 0 Å². The molecule has 142 valence electrons. The molecule has 3 N–H and O–H groups in total. The highest BCUT2D eigenvalue weighted by Crippen LogP contribution is 2.21. The Morgan fingerprint density at radius 3 is 2.33 bits per heavy atom. The second kappa shape index (κ2) is 13.8. The summed E-state index contributed by atoms with van der Waals surface area (Å²) >= 11 is 0. The quantitative estimate of drug-likeness (QED) is 0.333. The van der Waals surface area contributed by atoms with E-state index in [-0.39, 0.29) is 13.2 Å². The molecule has 0 aliphatic carbocycles. The van der Waals surface area contributed by atoms with Gasteiger partial charge < -0.3 is 24.8 Å². The molecule has 1 fully saturated rings. The van der Waals surface area contributed by atoms with Gasteiger partial charge in [0.15, 0.2) is 0 Å². The van der Waals surface area contributed by atoms with Crippen molar-refractivity contribution in [3.63, 3.8) is 0 Å². The first-order valence-electron chi connectivity index (χ1n) is 9.52. The van der Waals surface area contributed by atoms with Crippen LogP contribution < -0.4 is 0 Å². The first kappa shape index (κ1) is 21.6. The van der Waals surface area contributed by atoms with E-state index in [2.05, 4.69) is 19.1 Å². The summed E-state index contributed by atoms with van der Waals surface area (Å²) in [6.45, 7) is 2.40. The average molecular weight is 344 g/mol. The number of hydrogen-bond acceptors (Lipinski definition) is 5. The minimum absolute atomic E-state index is 0.153. The molecule has 0 aromatic heterocycles. The van der Waals surface area contributed by atoms with Gasteiger partial charge in [0.2, 0.25) is 0 Å². The number of allylic oxidation sites excluding steroid dienone is 2. The maximum Gasteiger partial charge on any atom is 0.114 e. The topological polar surface area (TPSA) is 79.2 Å². The summed E-state index contributed by atoms with van der Waals surface area (Å²) in [5, 5.41) is 28.5. The van der Waals surface area contributed by atoms with E-state index < -0.39 is 24.4 Å². The normalized spacial score (nSPS) is 25.6. The molecule has 1 rings (SSSR count). The van der Waals surface area contributed by atoms with Gasteiger partial charge in [0.1, 0.15) is 24.4 Å². The van der Waals surface area contributed by atoms with Crippen LogP contribution in [0.25, 0.3) is 0 Å². The van der Waals surface area contributed by atoms with Gasteiger partial charge in [-0.2, -0.15) is 0 Å². The van der Waals surface area contributed by atoms with E-state index in [9.17, 15) is 10.2 Å². The second-order valence-corrected chi connectivity index (χ2v) is 6.64. The lowest BCUT2D eigenvalue weighted by Crippen LogP contribution is -2.42. The molecule has 1 aliphatic rings. The molecule has 0 amide bonds. The molecule has 1 aliphatic heterocycles. The summed E-state index contributed by atoms with van der Waals surface area (Å²) in [6.07, 6.45) is 12.5. The second-order valence-electron chi connectivity index (χ2n) is 6.64. The monoisotopic (exact) mass is 344 g/mol. The van der Waals surface area contributed by atoms with Crippen LogP contribution in [0, 0.1) is 0 Å². The molecular weight excluding hydrogens is 308 g/mol. The first-order chi connectivity index (χ1) is 11.7. The number of ether oxygens (including phenoxy) is 2. The van der Waals surface area contributed by atoms with Crippen molar-refractivity contribution in [1.82, 2.24) is 0 Å². The van der Waals surface area contributed by atoms with Gasteiger partial charge in [0, 0.05) is 6.61 Å². The number of aliphatic hydroxyl groups is 3. The Kier molecular flexibility index (Phi) is 12.4. The molecular formula is C19H36O5. The summed E-state index contributed by atoms with van der Waals surface area (Å²) in [5.74, 6) is 0.